The van der Waals surface area contributed by atoms with Gasteiger partial charge in [0.2, 0.25) is 0 Å². The lowest BCUT2D eigenvalue weighted by atomic mass is 10.1. The maximum Gasteiger partial charge on any atom is 0.261 e. The van der Waals surface area contributed by atoms with Gasteiger partial charge in [-0.3, -0.25) is 9.44 Å². The average Bonchev–Trinajstić information content (AvgIpc) is 3.01. The highest BCUT2D eigenvalue weighted by Crippen LogP contribution is 2.28. The third-order valence-corrected chi connectivity index (χ3v) is 10.2. The van der Waals surface area contributed by atoms with Gasteiger partial charge in [0.25, 0.3) is 20.0 Å². The molecular formula is C32H26Cl3N5O4S2. The highest BCUT2D eigenvalue weighted by atomic mass is 35.5. The van der Waals surface area contributed by atoms with Crippen molar-refractivity contribution in [1.29, 1.82) is 0 Å². The standard InChI is InChI=1S/C17H16ClN3O2S.C15H10Cl2N2O2S/c1-21(2)17-16-8-5-14(11-12(16)9-10-19-17)20-24(22,23)15-6-3-13(18)4-7-15;16-11-1-4-13(5-2-11)22(20,21)19-12-3-6-14-10(9-12)7-8-18-15(14)17/h3-11,20H,1-2H3;1-9,19H. The molecule has 2 heterocycles. The Bertz CT molecular complexity index is 2250. The molecule has 0 aliphatic carbocycles. The molecule has 0 atom stereocenters. The molecule has 0 radical (unpaired) electrons. The minimum absolute atomic E-state index is 0.143. The smallest absolute Gasteiger partial charge is 0.261 e. The van der Waals surface area contributed by atoms with E-state index in [1.807, 2.05) is 31.1 Å². The Balaban J connectivity index is 0.000000182. The molecule has 6 rings (SSSR count). The number of halogens is 3. The van der Waals surface area contributed by atoms with Crippen LogP contribution in [-0.4, -0.2) is 40.9 Å². The van der Waals surface area contributed by atoms with Gasteiger partial charge in [0.15, 0.2) is 0 Å². The van der Waals surface area contributed by atoms with Crippen molar-refractivity contribution in [2.75, 3.05) is 28.4 Å². The molecule has 0 aliphatic heterocycles. The molecule has 4 aromatic carbocycles. The van der Waals surface area contributed by atoms with Crippen molar-refractivity contribution < 1.29 is 16.8 Å². The van der Waals surface area contributed by atoms with E-state index in [0.717, 1.165) is 27.4 Å². The van der Waals surface area contributed by atoms with Gasteiger partial charge in [0.05, 0.1) is 9.79 Å². The summed E-state index contributed by atoms with van der Waals surface area (Å²) in [5.41, 5.74) is 0.943. The fraction of sp³-hybridized carbons (Fsp3) is 0.0625. The summed E-state index contributed by atoms with van der Waals surface area (Å²) in [6, 6.07) is 26.1. The van der Waals surface area contributed by atoms with Crippen LogP contribution >= 0.6 is 34.8 Å². The third-order valence-electron chi connectivity index (χ3n) is 6.64. The van der Waals surface area contributed by atoms with Gasteiger partial charge in [-0.1, -0.05) is 34.8 Å². The van der Waals surface area contributed by atoms with Crippen LogP contribution in [0, 0.1) is 0 Å². The fourth-order valence-corrected chi connectivity index (χ4v) is 7.02. The summed E-state index contributed by atoms with van der Waals surface area (Å²) in [5, 5.41) is 4.77. The summed E-state index contributed by atoms with van der Waals surface area (Å²) < 4.78 is 54.7. The second-order valence-corrected chi connectivity index (χ2v) is 14.7. The van der Waals surface area contributed by atoms with Gasteiger partial charge in [-0.05, 0) is 108 Å². The van der Waals surface area contributed by atoms with E-state index in [0.29, 0.717) is 26.6 Å². The topological polar surface area (TPSA) is 121 Å². The molecule has 2 N–H and O–H groups in total. The average molecular weight is 715 g/mol. The molecule has 0 fully saturated rings. The first-order valence-corrected chi connectivity index (χ1v) is 17.6. The zero-order valence-corrected chi connectivity index (χ0v) is 28.2. The molecule has 0 aliphatic rings. The van der Waals surface area contributed by atoms with Crippen LogP contribution in [-0.2, 0) is 20.0 Å². The van der Waals surface area contributed by atoms with Crippen LogP contribution in [0.2, 0.25) is 15.2 Å². The van der Waals surface area contributed by atoms with Crippen molar-refractivity contribution in [3.63, 3.8) is 0 Å². The van der Waals surface area contributed by atoms with Gasteiger partial charge >= 0.3 is 0 Å². The van der Waals surface area contributed by atoms with E-state index in [1.165, 1.54) is 36.4 Å². The minimum atomic E-state index is -3.67. The zero-order valence-electron chi connectivity index (χ0n) is 24.3. The van der Waals surface area contributed by atoms with Crippen molar-refractivity contribution in [2.45, 2.75) is 9.79 Å². The number of benzene rings is 4. The third kappa shape index (κ3) is 7.80. The maximum absolute atomic E-state index is 12.4. The Morgan fingerprint density at radius 2 is 1.00 bits per heavy atom. The highest BCUT2D eigenvalue weighted by molar-refractivity contribution is 7.93. The first-order valence-electron chi connectivity index (χ1n) is 13.5. The van der Waals surface area contributed by atoms with E-state index in [-0.39, 0.29) is 9.79 Å². The Kier molecular flexibility index (Phi) is 9.90. The molecule has 6 aromatic rings. The Morgan fingerprint density at radius 1 is 0.565 bits per heavy atom. The van der Waals surface area contributed by atoms with Crippen molar-refractivity contribution in [1.82, 2.24) is 9.97 Å². The molecular weight excluding hydrogens is 689 g/mol. The van der Waals surface area contributed by atoms with Crippen LogP contribution < -0.4 is 14.3 Å². The van der Waals surface area contributed by atoms with Gasteiger partial charge in [-0.2, -0.15) is 0 Å². The second-order valence-electron chi connectivity index (χ2n) is 10.1. The predicted molar refractivity (Wildman–Crippen MR) is 187 cm³/mol. The summed E-state index contributed by atoms with van der Waals surface area (Å²) in [7, 11) is -3.49. The molecule has 2 aromatic heterocycles. The lowest BCUT2D eigenvalue weighted by molar-refractivity contribution is 0.599. The molecule has 0 bridgehead atoms. The summed E-state index contributed by atoms with van der Waals surface area (Å²) in [5.74, 6) is 0.833. The number of sulfonamides is 2. The van der Waals surface area contributed by atoms with Crippen molar-refractivity contribution in [3.05, 3.63) is 125 Å². The Hall–Kier alpha value is -4.13. The predicted octanol–water partition coefficient (Wildman–Crippen LogP) is 8.10. The van der Waals surface area contributed by atoms with Crippen LogP contribution in [0.25, 0.3) is 21.5 Å². The van der Waals surface area contributed by atoms with Crippen molar-refractivity contribution in [3.8, 4) is 0 Å². The summed E-state index contributed by atoms with van der Waals surface area (Å²) in [6.07, 6.45) is 3.28. The Morgan fingerprint density at radius 3 is 1.48 bits per heavy atom. The molecule has 0 spiro atoms. The number of rotatable bonds is 7. The number of hydrogen-bond donors (Lipinski definition) is 2. The number of nitrogens with one attached hydrogen (secondary N) is 2. The number of aromatic nitrogens is 2. The zero-order chi connectivity index (χ0) is 33.1. The molecule has 0 unspecified atom stereocenters. The molecule has 0 saturated heterocycles. The first-order chi connectivity index (χ1) is 21.8. The fourth-order valence-electron chi connectivity index (χ4n) is 4.44. The van der Waals surface area contributed by atoms with E-state index >= 15 is 0 Å². The minimum Gasteiger partial charge on any atom is -0.362 e. The van der Waals surface area contributed by atoms with E-state index in [4.69, 9.17) is 34.8 Å². The van der Waals surface area contributed by atoms with Gasteiger partial charge in [0.1, 0.15) is 11.0 Å². The number of fused-ring (bicyclic) bond motifs is 2. The number of pyridine rings is 2. The van der Waals surface area contributed by atoms with Crippen LogP contribution in [0.5, 0.6) is 0 Å². The molecule has 14 heteroatoms. The molecule has 0 saturated carbocycles. The second kappa shape index (κ2) is 13.7. The van der Waals surface area contributed by atoms with Crippen LogP contribution in [0.4, 0.5) is 17.2 Å². The monoisotopic (exact) mass is 713 g/mol. The van der Waals surface area contributed by atoms with Gasteiger partial charge in [0, 0.05) is 58.7 Å². The van der Waals surface area contributed by atoms with Crippen molar-refractivity contribution >= 4 is 93.6 Å². The molecule has 46 heavy (non-hydrogen) atoms. The van der Waals surface area contributed by atoms with Crippen LogP contribution in [0.15, 0.2) is 119 Å². The van der Waals surface area contributed by atoms with Gasteiger partial charge in [-0.15, -0.1) is 0 Å². The maximum atomic E-state index is 12.4. The Labute approximate surface area is 281 Å². The normalized spacial score (nSPS) is 11.5. The van der Waals surface area contributed by atoms with E-state index in [2.05, 4.69) is 19.4 Å². The molecule has 0 amide bonds. The van der Waals surface area contributed by atoms with E-state index in [9.17, 15) is 16.8 Å². The number of nitrogens with zero attached hydrogens (tertiary/aromatic N) is 3. The summed E-state index contributed by atoms with van der Waals surface area (Å²) in [6.45, 7) is 0. The molecule has 9 nitrogen and oxygen atoms in total. The summed E-state index contributed by atoms with van der Waals surface area (Å²) in [4.78, 5) is 10.5. The molecule has 236 valence electrons. The first kappa shape index (κ1) is 33.2. The quantitative estimate of drug-likeness (QED) is 0.160. The van der Waals surface area contributed by atoms with E-state index < -0.39 is 20.0 Å². The van der Waals surface area contributed by atoms with Crippen LogP contribution in [0.3, 0.4) is 0 Å². The number of hydrogen-bond acceptors (Lipinski definition) is 7. The lowest BCUT2D eigenvalue weighted by Crippen LogP contribution is -2.13. The highest BCUT2D eigenvalue weighted by Gasteiger charge is 2.16. The largest absolute Gasteiger partial charge is 0.362 e. The number of anilines is 3. The van der Waals surface area contributed by atoms with Crippen molar-refractivity contribution in [2.24, 2.45) is 0 Å². The van der Waals surface area contributed by atoms with E-state index in [1.54, 1.807) is 60.9 Å². The lowest BCUT2D eigenvalue weighted by Gasteiger charge is -2.15. The van der Waals surface area contributed by atoms with Crippen LogP contribution in [0.1, 0.15) is 0 Å². The van der Waals surface area contributed by atoms with Gasteiger partial charge < -0.3 is 4.90 Å². The SMILES string of the molecule is CN(C)c1nccc2cc(NS(=O)(=O)c3ccc(Cl)cc3)ccc12.O=S(=O)(Nc1ccc2c(Cl)nccc2c1)c1ccc(Cl)cc1. The van der Waals surface area contributed by atoms with Gasteiger partial charge in [-0.25, -0.2) is 26.8 Å². The summed E-state index contributed by atoms with van der Waals surface area (Å²) >= 11 is 17.6.